The van der Waals surface area contributed by atoms with Crippen LogP contribution >= 0.6 is 11.6 Å². The molecule has 0 aliphatic carbocycles. The first kappa shape index (κ1) is 20.2. The molecule has 0 unspecified atom stereocenters. The van der Waals surface area contributed by atoms with Crippen molar-refractivity contribution in [2.45, 2.75) is 26.4 Å². The molecule has 0 aromatic heterocycles. The van der Waals surface area contributed by atoms with Crippen molar-refractivity contribution in [2.75, 3.05) is 31.1 Å². The van der Waals surface area contributed by atoms with Crippen LogP contribution in [-0.4, -0.2) is 49.1 Å². The fourth-order valence-corrected chi connectivity index (χ4v) is 3.49. The first-order valence-electron chi connectivity index (χ1n) is 9.35. The molecule has 5 nitrogen and oxygen atoms in total. The molecule has 0 saturated carbocycles. The molecule has 1 aliphatic heterocycles. The molecular weight excluding hydrogens is 376 g/mol. The number of nitrogens with zero attached hydrogens (tertiary/aromatic N) is 2. The van der Waals surface area contributed by atoms with Gasteiger partial charge in [-0.05, 0) is 45.0 Å². The summed E-state index contributed by atoms with van der Waals surface area (Å²) in [7, 11) is 0. The number of ether oxygens (including phenoxy) is 1. The maximum Gasteiger partial charge on any atom is 0.410 e. The number of aldehydes is 1. The van der Waals surface area contributed by atoms with Crippen LogP contribution in [0, 0.1) is 0 Å². The van der Waals surface area contributed by atoms with E-state index < -0.39 is 5.60 Å². The van der Waals surface area contributed by atoms with Gasteiger partial charge in [-0.1, -0.05) is 29.8 Å². The van der Waals surface area contributed by atoms with Crippen molar-refractivity contribution < 1.29 is 14.3 Å². The zero-order valence-electron chi connectivity index (χ0n) is 16.4. The van der Waals surface area contributed by atoms with Gasteiger partial charge in [-0.3, -0.25) is 4.79 Å². The summed E-state index contributed by atoms with van der Waals surface area (Å²) in [4.78, 5) is 27.5. The van der Waals surface area contributed by atoms with Crippen LogP contribution in [0.1, 0.15) is 31.1 Å². The molecule has 6 heteroatoms. The van der Waals surface area contributed by atoms with Gasteiger partial charge in [0.2, 0.25) is 0 Å². The average molecular weight is 401 g/mol. The topological polar surface area (TPSA) is 49.9 Å². The van der Waals surface area contributed by atoms with Gasteiger partial charge >= 0.3 is 6.09 Å². The van der Waals surface area contributed by atoms with Crippen molar-refractivity contribution in [3.8, 4) is 11.1 Å². The summed E-state index contributed by atoms with van der Waals surface area (Å²) in [5.41, 5.74) is 2.91. The fourth-order valence-electron chi connectivity index (χ4n) is 3.25. The quantitative estimate of drug-likeness (QED) is 0.689. The summed E-state index contributed by atoms with van der Waals surface area (Å²) in [6.45, 7) is 8.11. The van der Waals surface area contributed by atoms with E-state index >= 15 is 0 Å². The molecule has 1 saturated heterocycles. The summed E-state index contributed by atoms with van der Waals surface area (Å²) in [6.07, 6.45) is 0.555. The molecule has 0 spiro atoms. The van der Waals surface area contributed by atoms with Gasteiger partial charge in [0.05, 0.1) is 0 Å². The van der Waals surface area contributed by atoms with Crippen LogP contribution in [0.2, 0.25) is 5.02 Å². The number of benzene rings is 2. The van der Waals surface area contributed by atoms with E-state index in [1.165, 1.54) is 0 Å². The Labute approximate surface area is 170 Å². The van der Waals surface area contributed by atoms with E-state index in [4.69, 9.17) is 16.3 Å². The predicted octanol–water partition coefficient (Wildman–Crippen LogP) is 4.88. The van der Waals surface area contributed by atoms with Gasteiger partial charge in [-0.25, -0.2) is 4.79 Å². The molecule has 0 radical (unpaired) electrons. The van der Waals surface area contributed by atoms with E-state index in [1.54, 1.807) is 4.90 Å². The lowest BCUT2D eigenvalue weighted by Crippen LogP contribution is -2.50. The van der Waals surface area contributed by atoms with Crippen LogP contribution in [0.3, 0.4) is 0 Å². The minimum atomic E-state index is -0.504. The lowest BCUT2D eigenvalue weighted by Gasteiger charge is -2.37. The Morgan fingerprint density at radius 3 is 2.32 bits per heavy atom. The molecule has 0 atom stereocenters. The van der Waals surface area contributed by atoms with Crippen LogP contribution < -0.4 is 4.90 Å². The monoisotopic (exact) mass is 400 g/mol. The Kier molecular flexibility index (Phi) is 5.94. The van der Waals surface area contributed by atoms with Crippen LogP contribution in [0.25, 0.3) is 11.1 Å². The maximum absolute atomic E-state index is 12.3. The number of anilines is 1. The minimum Gasteiger partial charge on any atom is -0.444 e. The Balaban J connectivity index is 1.83. The standard InChI is InChI=1S/C22H25ClN2O3/c1-22(2,3)28-21(27)25-12-10-24(11-13-25)20-9-8-16(15-26)14-18(20)17-6-4-5-7-19(17)23/h4-9,14-15H,10-13H2,1-3H3. The summed E-state index contributed by atoms with van der Waals surface area (Å²) in [5.74, 6) is 0. The van der Waals surface area contributed by atoms with E-state index in [-0.39, 0.29) is 6.09 Å². The molecule has 148 valence electrons. The van der Waals surface area contributed by atoms with E-state index in [0.717, 1.165) is 23.1 Å². The Bertz CT molecular complexity index is 868. The predicted molar refractivity (Wildman–Crippen MR) is 112 cm³/mol. The number of carbonyl (C=O) groups excluding carboxylic acids is 2. The summed E-state index contributed by atoms with van der Waals surface area (Å²) in [6, 6.07) is 13.2. The molecule has 3 rings (SSSR count). The third-order valence-electron chi connectivity index (χ3n) is 4.59. The van der Waals surface area contributed by atoms with E-state index in [9.17, 15) is 9.59 Å². The van der Waals surface area contributed by atoms with Crippen LogP contribution in [-0.2, 0) is 4.74 Å². The smallest absolute Gasteiger partial charge is 0.410 e. The van der Waals surface area contributed by atoms with Crippen LogP contribution in [0.15, 0.2) is 42.5 Å². The number of carbonyl (C=O) groups is 2. The number of piperazine rings is 1. The fraction of sp³-hybridized carbons (Fsp3) is 0.364. The molecular formula is C22H25ClN2O3. The van der Waals surface area contributed by atoms with E-state index in [2.05, 4.69) is 4.90 Å². The second-order valence-corrected chi connectivity index (χ2v) is 8.24. The highest BCUT2D eigenvalue weighted by Gasteiger charge is 2.27. The summed E-state index contributed by atoms with van der Waals surface area (Å²) >= 11 is 6.42. The number of halogens is 1. The zero-order chi connectivity index (χ0) is 20.3. The first-order valence-corrected chi connectivity index (χ1v) is 9.73. The highest BCUT2D eigenvalue weighted by Crippen LogP contribution is 2.36. The number of amides is 1. The van der Waals surface area contributed by atoms with Crippen LogP contribution in [0.5, 0.6) is 0 Å². The third kappa shape index (κ3) is 4.65. The number of rotatable bonds is 3. The average Bonchev–Trinajstić information content (AvgIpc) is 2.67. The molecule has 0 bridgehead atoms. The first-order chi connectivity index (χ1) is 13.3. The van der Waals surface area contributed by atoms with Crippen molar-refractivity contribution in [1.82, 2.24) is 4.90 Å². The largest absolute Gasteiger partial charge is 0.444 e. The molecule has 1 aliphatic rings. The zero-order valence-corrected chi connectivity index (χ0v) is 17.2. The van der Waals surface area contributed by atoms with Crippen molar-refractivity contribution in [3.05, 3.63) is 53.1 Å². The van der Waals surface area contributed by atoms with Crippen LogP contribution in [0.4, 0.5) is 10.5 Å². The second-order valence-electron chi connectivity index (χ2n) is 7.83. The van der Waals surface area contributed by atoms with Gasteiger partial charge in [-0.15, -0.1) is 0 Å². The molecule has 2 aromatic rings. The molecule has 1 heterocycles. The van der Waals surface area contributed by atoms with Gasteiger partial charge in [0.1, 0.15) is 11.9 Å². The Morgan fingerprint density at radius 2 is 1.71 bits per heavy atom. The van der Waals surface area contributed by atoms with E-state index in [0.29, 0.717) is 36.8 Å². The molecule has 1 amide bonds. The molecule has 2 aromatic carbocycles. The van der Waals surface area contributed by atoms with Gasteiger partial charge < -0.3 is 14.5 Å². The minimum absolute atomic E-state index is 0.283. The third-order valence-corrected chi connectivity index (χ3v) is 4.92. The van der Waals surface area contributed by atoms with Gasteiger partial charge in [-0.2, -0.15) is 0 Å². The van der Waals surface area contributed by atoms with Gasteiger partial charge in [0.25, 0.3) is 0 Å². The second kappa shape index (κ2) is 8.23. The van der Waals surface area contributed by atoms with E-state index in [1.807, 2.05) is 63.2 Å². The molecule has 0 N–H and O–H groups in total. The molecule has 28 heavy (non-hydrogen) atoms. The van der Waals surface area contributed by atoms with Crippen molar-refractivity contribution >= 4 is 29.7 Å². The highest BCUT2D eigenvalue weighted by atomic mass is 35.5. The van der Waals surface area contributed by atoms with Gasteiger partial charge in [0.15, 0.2) is 0 Å². The Morgan fingerprint density at radius 1 is 1.04 bits per heavy atom. The summed E-state index contributed by atoms with van der Waals surface area (Å²) < 4.78 is 5.47. The normalized spacial score (nSPS) is 14.7. The Hall–Kier alpha value is -2.53. The maximum atomic E-state index is 12.3. The lowest BCUT2D eigenvalue weighted by molar-refractivity contribution is 0.0240. The SMILES string of the molecule is CC(C)(C)OC(=O)N1CCN(c2ccc(C=O)cc2-c2ccccc2Cl)CC1. The van der Waals surface area contributed by atoms with Crippen molar-refractivity contribution in [1.29, 1.82) is 0 Å². The van der Waals surface area contributed by atoms with Gasteiger partial charge in [0, 0.05) is 53.6 Å². The van der Waals surface area contributed by atoms with Crippen molar-refractivity contribution in [2.24, 2.45) is 0 Å². The summed E-state index contributed by atoms with van der Waals surface area (Å²) in [5, 5.41) is 0.638. The lowest BCUT2D eigenvalue weighted by atomic mass is 10.00. The van der Waals surface area contributed by atoms with Crippen molar-refractivity contribution in [3.63, 3.8) is 0 Å². The number of hydrogen-bond acceptors (Lipinski definition) is 4. The molecule has 1 fully saturated rings. The number of hydrogen-bond donors (Lipinski definition) is 0. The highest BCUT2D eigenvalue weighted by molar-refractivity contribution is 6.33.